The third kappa shape index (κ3) is 12.5. The fourth-order valence-corrected chi connectivity index (χ4v) is 24.2. The maximum Gasteiger partial charge on any atom is 0.233 e. The summed E-state index contributed by atoms with van der Waals surface area (Å²) >= 11 is 0. The van der Waals surface area contributed by atoms with E-state index in [4.69, 9.17) is 18.9 Å². The van der Waals surface area contributed by atoms with Gasteiger partial charge in [-0.2, -0.15) is 0 Å². The normalized spacial score (nSPS) is 44.5. The van der Waals surface area contributed by atoms with Crippen LogP contribution < -0.4 is 0 Å². The van der Waals surface area contributed by atoms with E-state index in [1.165, 1.54) is 11.3 Å². The van der Waals surface area contributed by atoms with Gasteiger partial charge in [-0.25, -0.2) is 0 Å². The van der Waals surface area contributed by atoms with Crippen LogP contribution >= 0.6 is 0 Å². The molecular weight excluding hydrogens is 1180 g/mol. The Morgan fingerprint density at radius 2 is 0.543 bits per heavy atom. The maximum atomic E-state index is 14.9. The Morgan fingerprint density at radius 3 is 0.872 bits per heavy atom. The van der Waals surface area contributed by atoms with Gasteiger partial charge in [0.25, 0.3) is 0 Å². The van der Waals surface area contributed by atoms with Crippen molar-refractivity contribution < 1.29 is 57.3 Å². The minimum Gasteiger partial charge on any atom is -0.375 e. The van der Waals surface area contributed by atoms with Gasteiger partial charge in [-0.15, -0.1) is 0 Å². The summed E-state index contributed by atoms with van der Waals surface area (Å²) in [5.41, 5.74) is 0.401. The molecule has 4 aliphatic heterocycles. The molecule has 16 nitrogen and oxygen atoms in total. The molecule has 0 aromatic rings. The Labute approximate surface area is 562 Å². The Bertz CT molecular complexity index is 2840. The van der Waals surface area contributed by atoms with Crippen LogP contribution in [0.2, 0.25) is 0 Å². The summed E-state index contributed by atoms with van der Waals surface area (Å²) in [5.74, 6) is -0.0608. The van der Waals surface area contributed by atoms with Crippen LogP contribution in [0, 0.1) is 99.6 Å². The monoisotopic (exact) mass is 1300 g/mol. The van der Waals surface area contributed by atoms with Gasteiger partial charge in [0.2, 0.25) is 47.3 Å². The number of carbonyl (C=O) groups is 8. The van der Waals surface area contributed by atoms with Crippen LogP contribution in [0.5, 0.6) is 0 Å². The highest BCUT2D eigenvalue weighted by atomic mass is 16.5. The highest BCUT2D eigenvalue weighted by Gasteiger charge is 2.61. The van der Waals surface area contributed by atoms with Crippen LogP contribution in [0.3, 0.4) is 0 Å². The van der Waals surface area contributed by atoms with Crippen LogP contribution in [0.25, 0.3) is 0 Å². The standard InChI is InChI=1S/C78H118N4O12/c1-43-38-44(2)68(45(3)67(43)81-72(86)61-36-32-57(41-65(61)75(81)89)93-53-26-18-48(19-27-53)77(4,5)46-14-22-51(23-15-46)91-55-30-34-59-63(39-55)70(84)79(8)69(59)83)82-73(87)62-37-33-58(42-66(62)76(82)90)94-54-28-20-49(21-29-54)78(6,7)47-16-24-52(25-17-47)92-56-31-35-60-64(40-56)74(88)80(71(60)85)50-12-10-9-11-13-50/h43-68H,9-42H2,1-8H3. The Balaban J connectivity index is 0.514. The molecule has 14 fully saturated rings. The third-order valence-electron chi connectivity index (χ3n) is 29.8. The molecule has 0 N–H and O–H groups in total. The summed E-state index contributed by atoms with van der Waals surface area (Å²) < 4.78 is 27.4. The summed E-state index contributed by atoms with van der Waals surface area (Å²) in [6.45, 7) is 16.4. The number of amides is 8. The minimum atomic E-state index is -0.400. The molecule has 0 aromatic carbocycles. The highest BCUT2D eigenvalue weighted by molar-refractivity contribution is 6.08. The molecule has 10 aliphatic carbocycles. The van der Waals surface area contributed by atoms with Gasteiger partial charge in [0, 0.05) is 25.2 Å². The van der Waals surface area contributed by atoms with E-state index in [9.17, 15) is 38.4 Å². The second-order valence-electron chi connectivity index (χ2n) is 35.4. The first kappa shape index (κ1) is 67.6. The maximum absolute atomic E-state index is 14.9. The number of rotatable bonds is 15. The predicted molar refractivity (Wildman–Crippen MR) is 353 cm³/mol. The highest BCUT2D eigenvalue weighted by Crippen LogP contribution is 2.55. The van der Waals surface area contributed by atoms with E-state index >= 15 is 0 Å². The summed E-state index contributed by atoms with van der Waals surface area (Å²) in [7, 11) is 1.62. The van der Waals surface area contributed by atoms with Crippen LogP contribution in [0.4, 0.5) is 0 Å². The van der Waals surface area contributed by atoms with Gasteiger partial charge in [-0.05, 0) is 251 Å². The van der Waals surface area contributed by atoms with Crippen LogP contribution in [0.1, 0.15) is 267 Å². The Morgan fingerprint density at radius 1 is 0.287 bits per heavy atom. The molecule has 16 heteroatoms. The summed E-state index contributed by atoms with van der Waals surface area (Å²) in [4.78, 5) is 118. The molecule has 17 atom stereocenters. The molecule has 10 saturated carbocycles. The van der Waals surface area contributed by atoms with Crippen molar-refractivity contribution in [3.05, 3.63) is 0 Å². The number of hydrogen-bond donors (Lipinski definition) is 0. The van der Waals surface area contributed by atoms with E-state index in [1.54, 1.807) is 21.7 Å². The van der Waals surface area contributed by atoms with Gasteiger partial charge in [0.05, 0.1) is 96.2 Å². The van der Waals surface area contributed by atoms with Crippen molar-refractivity contribution in [2.45, 2.75) is 334 Å². The molecule has 94 heavy (non-hydrogen) atoms. The van der Waals surface area contributed by atoms with Crippen molar-refractivity contribution in [2.75, 3.05) is 7.05 Å². The number of carbonyl (C=O) groups excluding carboxylic acids is 8. The second kappa shape index (κ2) is 27.2. The molecule has 4 heterocycles. The van der Waals surface area contributed by atoms with Gasteiger partial charge in [0.15, 0.2) is 0 Å². The van der Waals surface area contributed by atoms with E-state index < -0.39 is 11.8 Å². The predicted octanol–water partition coefficient (Wildman–Crippen LogP) is 13.0. The average molecular weight is 1300 g/mol. The largest absolute Gasteiger partial charge is 0.375 e. The van der Waals surface area contributed by atoms with Crippen molar-refractivity contribution in [3.8, 4) is 0 Å². The summed E-state index contributed by atoms with van der Waals surface area (Å²) in [6.07, 6.45) is 32.8. The first-order chi connectivity index (χ1) is 45.0. The lowest BCUT2D eigenvalue weighted by Crippen LogP contribution is -2.60. The minimum absolute atomic E-state index is 0.0158. The molecule has 8 amide bonds. The Kier molecular flexibility index (Phi) is 19.5. The first-order valence-electron chi connectivity index (χ1n) is 39.1. The van der Waals surface area contributed by atoms with Crippen molar-refractivity contribution in [2.24, 2.45) is 99.6 Å². The molecule has 0 radical (unpaired) electrons. The van der Waals surface area contributed by atoms with Crippen molar-refractivity contribution in [1.29, 1.82) is 0 Å². The van der Waals surface area contributed by atoms with Gasteiger partial charge in [0.1, 0.15) is 0 Å². The molecule has 0 spiro atoms. The number of hydrogen-bond acceptors (Lipinski definition) is 12. The summed E-state index contributed by atoms with van der Waals surface area (Å²) in [6, 6.07) is -0.666. The third-order valence-corrected chi connectivity index (χ3v) is 29.8. The molecule has 17 unspecified atom stereocenters. The van der Waals surface area contributed by atoms with Crippen molar-refractivity contribution in [3.63, 3.8) is 0 Å². The lowest BCUT2D eigenvalue weighted by molar-refractivity contribution is -0.154. The smallest absolute Gasteiger partial charge is 0.233 e. The molecule has 522 valence electrons. The number of imide groups is 4. The zero-order valence-corrected chi connectivity index (χ0v) is 58.7. The van der Waals surface area contributed by atoms with Crippen LogP contribution in [-0.4, -0.2) is 141 Å². The SMILES string of the molecule is CC1CC(C)C(N2C(=O)C3CCC(OC4CCC(C(C)(C)C5CCC(OC6CCC7C(=O)N(C8CCCCC8)C(=O)C7C6)CC5)CC4)CC3C2=O)C(C)C1N1C(=O)C2CCC(OC3CCC(C(C)(C)C4CCC(OC5CCC6C(=O)N(C)C(=O)C6C5)CC4)CC3)CC2C1=O. The summed E-state index contributed by atoms with van der Waals surface area (Å²) in [5, 5.41) is 0. The van der Waals surface area contributed by atoms with Gasteiger partial charge in [-0.1, -0.05) is 67.7 Å². The fraction of sp³-hybridized carbons (Fsp3) is 0.897. The van der Waals surface area contributed by atoms with Gasteiger partial charge < -0.3 is 18.9 Å². The molecular formula is C78H118N4O12. The van der Waals surface area contributed by atoms with Crippen LogP contribution in [0.15, 0.2) is 0 Å². The zero-order valence-electron chi connectivity index (χ0n) is 58.7. The molecule has 4 saturated heterocycles. The molecule has 14 aliphatic rings. The lowest BCUT2D eigenvalue weighted by atomic mass is 9.60. The molecule has 0 aromatic heterocycles. The van der Waals surface area contributed by atoms with E-state index in [0.29, 0.717) is 62.2 Å². The van der Waals surface area contributed by atoms with E-state index in [-0.39, 0.29) is 178 Å². The topological polar surface area (TPSA) is 186 Å². The van der Waals surface area contributed by atoms with E-state index in [0.717, 1.165) is 173 Å². The van der Waals surface area contributed by atoms with Gasteiger partial charge in [-0.3, -0.25) is 58.0 Å². The quantitative estimate of drug-likeness (QED) is 0.141. The number of likely N-dealkylation sites (tertiary alicyclic amines) is 4. The van der Waals surface area contributed by atoms with Crippen LogP contribution in [-0.2, 0) is 57.3 Å². The lowest BCUT2D eigenvalue weighted by Gasteiger charge is -2.49. The zero-order chi connectivity index (χ0) is 65.8. The van der Waals surface area contributed by atoms with Gasteiger partial charge >= 0.3 is 0 Å². The number of ether oxygens (including phenoxy) is 4. The van der Waals surface area contributed by atoms with Crippen molar-refractivity contribution in [1.82, 2.24) is 19.6 Å². The van der Waals surface area contributed by atoms with Crippen molar-refractivity contribution >= 4 is 47.3 Å². The number of nitrogens with zero attached hydrogens (tertiary/aromatic N) is 4. The molecule has 0 bridgehead atoms. The second-order valence-corrected chi connectivity index (χ2v) is 35.4. The van der Waals surface area contributed by atoms with E-state index in [2.05, 4.69) is 48.5 Å². The Hall–Kier alpha value is -3.60. The average Bonchev–Trinajstić information content (AvgIpc) is 1.56. The molecule has 14 rings (SSSR count). The first-order valence-corrected chi connectivity index (χ1v) is 39.1. The van der Waals surface area contributed by atoms with E-state index in [1.807, 2.05) is 0 Å². The fourth-order valence-electron chi connectivity index (χ4n) is 24.2. The number of fused-ring (bicyclic) bond motifs is 4.